The van der Waals surface area contributed by atoms with E-state index in [9.17, 15) is 13.2 Å². The molecule has 24 heavy (non-hydrogen) atoms. The number of anilines is 1. The van der Waals surface area contributed by atoms with E-state index in [1.54, 1.807) is 17.0 Å². The molecule has 1 aliphatic rings. The van der Waals surface area contributed by atoms with Crippen molar-refractivity contribution in [3.63, 3.8) is 0 Å². The van der Waals surface area contributed by atoms with Crippen molar-refractivity contribution in [2.24, 2.45) is 0 Å². The Morgan fingerprint density at radius 1 is 1.17 bits per heavy atom. The molecule has 0 radical (unpaired) electrons. The van der Waals surface area contributed by atoms with E-state index in [0.717, 1.165) is 35.9 Å². The fourth-order valence-electron chi connectivity index (χ4n) is 2.98. The smallest absolute Gasteiger partial charge is 0.258 e. The van der Waals surface area contributed by atoms with E-state index in [2.05, 4.69) is 0 Å². The summed E-state index contributed by atoms with van der Waals surface area (Å²) < 4.78 is 23.6. The van der Waals surface area contributed by atoms with E-state index < -0.39 is 9.84 Å². The molecule has 1 aliphatic heterocycles. The third kappa shape index (κ3) is 3.19. The lowest BCUT2D eigenvalue weighted by Crippen LogP contribution is -2.36. The van der Waals surface area contributed by atoms with Crippen molar-refractivity contribution in [1.29, 1.82) is 0 Å². The average Bonchev–Trinajstić information content (AvgIpc) is 2.52. The standard InChI is InChI=1S/C18H18ClNO3S/c1-12-5-7-15(24(2,22)23)11-16(12)18(21)20-9-3-4-13-10-14(19)6-8-17(13)20/h5-8,10-11H,3-4,9H2,1-2H3. The average molecular weight is 364 g/mol. The second-order valence-corrected chi connectivity index (χ2v) is 8.53. The third-order valence-corrected chi connectivity index (χ3v) is 5.62. The number of fused-ring (bicyclic) bond motifs is 1. The van der Waals surface area contributed by atoms with E-state index >= 15 is 0 Å². The summed E-state index contributed by atoms with van der Waals surface area (Å²) in [5.74, 6) is -0.179. The predicted molar refractivity (Wildman–Crippen MR) is 95.7 cm³/mol. The first-order valence-corrected chi connectivity index (χ1v) is 9.95. The van der Waals surface area contributed by atoms with Crippen LogP contribution >= 0.6 is 11.6 Å². The second-order valence-electron chi connectivity index (χ2n) is 6.08. The van der Waals surface area contributed by atoms with Gasteiger partial charge in [0.2, 0.25) is 0 Å². The first-order valence-electron chi connectivity index (χ1n) is 7.68. The molecule has 126 valence electrons. The zero-order valence-electron chi connectivity index (χ0n) is 13.5. The summed E-state index contributed by atoms with van der Waals surface area (Å²) in [6.07, 6.45) is 2.87. The molecule has 0 saturated heterocycles. The molecule has 0 aliphatic carbocycles. The summed E-state index contributed by atoms with van der Waals surface area (Å²) >= 11 is 6.05. The number of nitrogens with zero attached hydrogens (tertiary/aromatic N) is 1. The summed E-state index contributed by atoms with van der Waals surface area (Å²) in [6, 6.07) is 10.2. The Morgan fingerprint density at radius 3 is 2.62 bits per heavy atom. The van der Waals surface area contributed by atoms with Crippen LogP contribution in [0.1, 0.15) is 27.9 Å². The van der Waals surface area contributed by atoms with Crippen molar-refractivity contribution in [2.45, 2.75) is 24.7 Å². The Hall–Kier alpha value is -1.85. The highest BCUT2D eigenvalue weighted by Gasteiger charge is 2.25. The number of hydrogen-bond acceptors (Lipinski definition) is 3. The predicted octanol–water partition coefficient (Wildman–Crippen LogP) is 3.64. The maximum absolute atomic E-state index is 13.0. The first-order chi connectivity index (χ1) is 11.3. The van der Waals surface area contributed by atoms with Gasteiger partial charge in [-0.3, -0.25) is 4.79 Å². The summed E-state index contributed by atoms with van der Waals surface area (Å²) in [7, 11) is -3.36. The van der Waals surface area contributed by atoms with Gasteiger partial charge in [-0.05, 0) is 61.2 Å². The molecular weight excluding hydrogens is 346 g/mol. The van der Waals surface area contributed by atoms with Crippen LogP contribution in [0.5, 0.6) is 0 Å². The SMILES string of the molecule is Cc1ccc(S(C)(=O)=O)cc1C(=O)N1CCCc2cc(Cl)ccc21. The maximum Gasteiger partial charge on any atom is 0.258 e. The minimum atomic E-state index is -3.36. The third-order valence-electron chi connectivity index (χ3n) is 4.27. The van der Waals surface area contributed by atoms with Gasteiger partial charge >= 0.3 is 0 Å². The van der Waals surface area contributed by atoms with E-state index in [1.807, 2.05) is 19.1 Å². The van der Waals surface area contributed by atoms with Crippen LogP contribution in [0.3, 0.4) is 0 Å². The van der Waals surface area contributed by atoms with Crippen LogP contribution in [-0.2, 0) is 16.3 Å². The van der Waals surface area contributed by atoms with Gasteiger partial charge in [-0.25, -0.2) is 8.42 Å². The molecule has 0 aromatic heterocycles. The Morgan fingerprint density at radius 2 is 1.92 bits per heavy atom. The molecule has 0 saturated carbocycles. The van der Waals surface area contributed by atoms with Crippen molar-refractivity contribution in [3.05, 3.63) is 58.1 Å². The molecule has 6 heteroatoms. The second kappa shape index (κ2) is 6.22. The molecule has 4 nitrogen and oxygen atoms in total. The number of benzene rings is 2. The lowest BCUT2D eigenvalue weighted by molar-refractivity contribution is 0.0984. The summed E-state index contributed by atoms with van der Waals surface area (Å²) in [4.78, 5) is 14.9. The molecule has 1 amide bonds. The zero-order valence-corrected chi connectivity index (χ0v) is 15.1. The number of hydrogen-bond donors (Lipinski definition) is 0. The maximum atomic E-state index is 13.0. The monoisotopic (exact) mass is 363 g/mol. The first kappa shape index (κ1) is 17.0. The van der Waals surface area contributed by atoms with Crippen LogP contribution in [0.15, 0.2) is 41.3 Å². The molecule has 2 aromatic carbocycles. The fourth-order valence-corrected chi connectivity index (χ4v) is 3.83. The molecule has 2 aromatic rings. The van der Waals surface area contributed by atoms with Gasteiger partial charge in [0.1, 0.15) is 0 Å². The van der Waals surface area contributed by atoms with Crippen LogP contribution in [0.4, 0.5) is 5.69 Å². The Bertz CT molecular complexity index is 922. The molecule has 3 rings (SSSR count). The Labute approximate surface area is 147 Å². The normalized spacial score (nSPS) is 14.4. The number of carbonyl (C=O) groups is 1. The van der Waals surface area contributed by atoms with Gasteiger partial charge in [-0.1, -0.05) is 17.7 Å². The molecule has 0 fully saturated rings. The van der Waals surface area contributed by atoms with Crippen molar-refractivity contribution in [1.82, 2.24) is 0 Å². The number of aryl methyl sites for hydroxylation is 2. The molecule has 1 heterocycles. The van der Waals surface area contributed by atoms with Crippen LogP contribution in [0.2, 0.25) is 5.02 Å². The van der Waals surface area contributed by atoms with Gasteiger partial charge in [-0.2, -0.15) is 0 Å². The van der Waals surface area contributed by atoms with Gasteiger partial charge < -0.3 is 4.90 Å². The van der Waals surface area contributed by atoms with Crippen molar-refractivity contribution >= 4 is 33.0 Å². The Balaban J connectivity index is 2.05. The molecular formula is C18H18ClNO3S. The van der Waals surface area contributed by atoms with Crippen molar-refractivity contribution in [3.8, 4) is 0 Å². The van der Waals surface area contributed by atoms with Crippen molar-refractivity contribution in [2.75, 3.05) is 17.7 Å². The summed E-state index contributed by atoms with van der Waals surface area (Å²) in [5, 5.41) is 0.651. The highest BCUT2D eigenvalue weighted by atomic mass is 35.5. The van der Waals surface area contributed by atoms with Crippen LogP contribution < -0.4 is 4.90 Å². The number of sulfone groups is 1. The zero-order chi connectivity index (χ0) is 17.5. The number of amides is 1. The number of halogens is 1. The quantitative estimate of drug-likeness (QED) is 0.818. The van der Waals surface area contributed by atoms with E-state index in [4.69, 9.17) is 11.6 Å². The van der Waals surface area contributed by atoms with Gasteiger partial charge in [-0.15, -0.1) is 0 Å². The van der Waals surface area contributed by atoms with Gasteiger partial charge in [0.15, 0.2) is 9.84 Å². The molecule has 0 N–H and O–H groups in total. The molecule has 0 unspecified atom stereocenters. The van der Waals surface area contributed by atoms with Crippen LogP contribution in [0.25, 0.3) is 0 Å². The van der Waals surface area contributed by atoms with Crippen LogP contribution in [0, 0.1) is 6.92 Å². The lowest BCUT2D eigenvalue weighted by Gasteiger charge is -2.30. The largest absolute Gasteiger partial charge is 0.308 e. The van der Waals surface area contributed by atoms with Gasteiger partial charge in [0.05, 0.1) is 4.90 Å². The minimum Gasteiger partial charge on any atom is -0.308 e. The highest BCUT2D eigenvalue weighted by molar-refractivity contribution is 7.90. The fraction of sp³-hybridized carbons (Fsp3) is 0.278. The van der Waals surface area contributed by atoms with Crippen LogP contribution in [-0.4, -0.2) is 27.1 Å². The van der Waals surface area contributed by atoms with E-state index in [1.165, 1.54) is 12.1 Å². The number of rotatable bonds is 2. The van der Waals surface area contributed by atoms with Gasteiger partial charge in [0.25, 0.3) is 5.91 Å². The highest BCUT2D eigenvalue weighted by Crippen LogP contribution is 2.31. The Kier molecular flexibility index (Phi) is 4.40. The molecule has 0 spiro atoms. The minimum absolute atomic E-state index is 0.157. The summed E-state index contributed by atoms with van der Waals surface area (Å²) in [5.41, 5.74) is 3.06. The summed E-state index contributed by atoms with van der Waals surface area (Å²) in [6.45, 7) is 2.42. The van der Waals surface area contributed by atoms with Crippen molar-refractivity contribution < 1.29 is 13.2 Å². The number of carbonyl (C=O) groups excluding carboxylic acids is 1. The van der Waals surface area contributed by atoms with E-state index in [0.29, 0.717) is 17.1 Å². The lowest BCUT2D eigenvalue weighted by atomic mass is 10.00. The van der Waals surface area contributed by atoms with E-state index in [-0.39, 0.29) is 10.8 Å². The molecule has 0 atom stereocenters. The van der Waals surface area contributed by atoms with Gasteiger partial charge in [0, 0.05) is 29.1 Å². The topological polar surface area (TPSA) is 54.5 Å². The molecule has 0 bridgehead atoms.